The summed E-state index contributed by atoms with van der Waals surface area (Å²) in [6, 6.07) is 0. The van der Waals surface area contributed by atoms with Crippen LogP contribution in [0.5, 0.6) is 0 Å². The van der Waals surface area contributed by atoms with Crippen LogP contribution >= 0.6 is 0 Å². The molecule has 0 aromatic carbocycles. The van der Waals surface area contributed by atoms with E-state index in [-0.39, 0.29) is 6.08 Å². The van der Waals surface area contributed by atoms with Gasteiger partial charge < -0.3 is 4.84 Å². The molecule has 0 bridgehead atoms. The molecule has 0 N–H and O–H groups in total. The summed E-state index contributed by atoms with van der Waals surface area (Å²) in [6.07, 6.45) is -7.99. The van der Waals surface area contributed by atoms with Gasteiger partial charge in [0.2, 0.25) is 0 Å². The Morgan fingerprint density at radius 1 is 0.694 bits per heavy atom. The lowest BCUT2D eigenvalue weighted by Crippen LogP contribution is -2.75. The van der Waals surface area contributed by atoms with Crippen LogP contribution in [0.4, 0.5) is 74.6 Å². The molecule has 0 saturated heterocycles. The van der Waals surface area contributed by atoms with Crippen molar-refractivity contribution >= 4 is 16.0 Å². The summed E-state index contributed by atoms with van der Waals surface area (Å²) in [5, 5.41) is -7.82. The van der Waals surface area contributed by atoms with E-state index in [0.717, 1.165) is 0 Å². The van der Waals surface area contributed by atoms with Crippen LogP contribution in [0.3, 0.4) is 0 Å². The molecule has 0 rings (SSSR count). The minimum atomic E-state index is -8.95. The zero-order chi connectivity index (χ0) is 29.8. The quantitative estimate of drug-likeness (QED) is 0.186. The largest absolute Gasteiger partial charge is 0.460 e. The number of carbonyl (C=O) groups excluding carboxylic acids is 1. The van der Waals surface area contributed by atoms with Gasteiger partial charge in [-0.2, -0.15) is 74.6 Å². The van der Waals surface area contributed by atoms with Gasteiger partial charge in [-0.15, -0.1) is 0 Å². The topological polar surface area (TPSA) is 63.7 Å². The molecular formula is C13H8F17NO4S. The van der Waals surface area contributed by atoms with Crippen LogP contribution in [0.2, 0.25) is 0 Å². The van der Waals surface area contributed by atoms with E-state index in [9.17, 15) is 87.8 Å². The maximum atomic E-state index is 13.9. The summed E-state index contributed by atoms with van der Waals surface area (Å²) in [7, 11) is -7.70. The number of sulfonamides is 1. The number of nitrogens with zero attached hydrogens (tertiary/aromatic N) is 1. The predicted molar refractivity (Wildman–Crippen MR) is 78.3 cm³/mol. The molecule has 0 atom stereocenters. The molecule has 5 nitrogen and oxygen atoms in total. The van der Waals surface area contributed by atoms with Crippen molar-refractivity contribution in [1.82, 2.24) is 4.47 Å². The fourth-order valence-electron chi connectivity index (χ4n) is 1.86. The van der Waals surface area contributed by atoms with Crippen molar-refractivity contribution in [2.24, 2.45) is 0 Å². The molecule has 0 spiro atoms. The molecule has 0 unspecified atom stereocenters. The molecule has 0 radical (unpaired) electrons. The molecule has 0 aliphatic rings. The molecule has 36 heavy (non-hydrogen) atoms. The highest BCUT2D eigenvalue weighted by Crippen LogP contribution is 2.64. The molecule has 0 fully saturated rings. The smallest absolute Gasteiger partial charge is 0.349 e. The van der Waals surface area contributed by atoms with E-state index < -0.39 is 74.0 Å². The molecular weight excluding hydrogens is 589 g/mol. The summed E-state index contributed by atoms with van der Waals surface area (Å²) in [5.74, 6) is -54.4. The fraction of sp³-hybridized carbons (Fsp3) is 0.769. The predicted octanol–water partition coefficient (Wildman–Crippen LogP) is 5.25. The van der Waals surface area contributed by atoms with Gasteiger partial charge in [-0.25, -0.2) is 13.2 Å². The number of hydrogen-bond donors (Lipinski definition) is 0. The van der Waals surface area contributed by atoms with Crippen molar-refractivity contribution in [2.75, 3.05) is 6.54 Å². The number of hydrogen-bond acceptors (Lipinski definition) is 4. The van der Waals surface area contributed by atoms with E-state index in [1.807, 2.05) is 0 Å². The Kier molecular flexibility index (Phi) is 8.52. The average Bonchev–Trinajstić information content (AvgIpc) is 2.69. The van der Waals surface area contributed by atoms with Gasteiger partial charge in [-0.1, -0.05) is 6.58 Å². The fourth-order valence-corrected chi connectivity index (χ4v) is 3.08. The molecule has 0 saturated carbocycles. The first-order valence-electron chi connectivity index (χ1n) is 7.99. The molecule has 23 heteroatoms. The van der Waals surface area contributed by atoms with Crippen molar-refractivity contribution in [3.05, 3.63) is 12.7 Å². The second-order valence-corrected chi connectivity index (χ2v) is 8.07. The SMILES string of the molecule is C=CC(=O)ON(CC)S(=O)(=O)C(F)(F)C(F)(F)C(F)(F)C(F)(F)C(F)(F)C(F)(F)C(F)(F)C(F)(F)F. The Labute approximate surface area is 187 Å². The third-order valence-electron chi connectivity index (χ3n) is 3.90. The normalized spacial score (nSPS) is 15.8. The number of halogens is 17. The number of rotatable bonds is 11. The van der Waals surface area contributed by atoms with Gasteiger partial charge in [-0.3, -0.25) is 0 Å². The molecule has 0 aliphatic heterocycles. The Balaban J connectivity index is 7.05. The van der Waals surface area contributed by atoms with Gasteiger partial charge in [-0.05, 0) is 11.4 Å². The van der Waals surface area contributed by atoms with E-state index >= 15 is 0 Å². The van der Waals surface area contributed by atoms with E-state index in [1.165, 1.54) is 0 Å². The zero-order valence-electron chi connectivity index (χ0n) is 16.4. The molecule has 214 valence electrons. The number of carbonyl (C=O) groups is 1. The van der Waals surface area contributed by atoms with E-state index in [0.29, 0.717) is 6.92 Å². The lowest BCUT2D eigenvalue weighted by atomic mass is 9.91. The van der Waals surface area contributed by atoms with Gasteiger partial charge in [0, 0.05) is 12.6 Å². The van der Waals surface area contributed by atoms with Crippen molar-refractivity contribution in [3.63, 3.8) is 0 Å². The second kappa shape index (κ2) is 9.04. The number of alkyl halides is 17. The van der Waals surface area contributed by atoms with Crippen molar-refractivity contribution < 1.29 is 92.7 Å². The lowest BCUT2D eigenvalue weighted by Gasteiger charge is -2.42. The standard InChI is InChI=1S/C13H8F17NO4S/c1-3-5(32)35-31(4-2)36(33,34)13(29,30)11(24,25)9(20,21)7(16,17)6(14,15)8(18,19)10(22,23)12(26,27)28/h3H,1,4H2,2H3. The van der Waals surface area contributed by atoms with Gasteiger partial charge in [0.05, 0.1) is 0 Å². The van der Waals surface area contributed by atoms with Crippen LogP contribution in [0.1, 0.15) is 6.92 Å². The molecule has 0 amide bonds. The van der Waals surface area contributed by atoms with Crippen molar-refractivity contribution in [3.8, 4) is 0 Å². The molecule has 0 aliphatic carbocycles. The van der Waals surface area contributed by atoms with Crippen LogP contribution in [0.15, 0.2) is 12.7 Å². The van der Waals surface area contributed by atoms with Crippen LogP contribution in [-0.4, -0.2) is 72.4 Å². The van der Waals surface area contributed by atoms with Gasteiger partial charge in [0.25, 0.3) is 0 Å². The van der Waals surface area contributed by atoms with Crippen LogP contribution in [0, 0.1) is 0 Å². The molecule has 0 aromatic rings. The summed E-state index contributed by atoms with van der Waals surface area (Å²) < 4.78 is 246. The Morgan fingerprint density at radius 3 is 1.28 bits per heavy atom. The highest BCUT2D eigenvalue weighted by atomic mass is 32.2. The summed E-state index contributed by atoms with van der Waals surface area (Å²) in [4.78, 5) is 14.3. The van der Waals surface area contributed by atoms with E-state index in [4.69, 9.17) is 0 Å². The third-order valence-corrected chi connectivity index (χ3v) is 5.68. The third kappa shape index (κ3) is 4.34. The maximum absolute atomic E-state index is 13.9. The minimum Gasteiger partial charge on any atom is -0.349 e. The van der Waals surface area contributed by atoms with Gasteiger partial charge in [0.1, 0.15) is 0 Å². The summed E-state index contributed by atoms with van der Waals surface area (Å²) >= 11 is 0. The van der Waals surface area contributed by atoms with E-state index in [1.54, 1.807) is 0 Å². The van der Waals surface area contributed by atoms with E-state index in [2.05, 4.69) is 11.4 Å². The highest BCUT2D eigenvalue weighted by Gasteiger charge is 2.96. The maximum Gasteiger partial charge on any atom is 0.460 e. The minimum absolute atomic E-state index is 0.0688. The van der Waals surface area contributed by atoms with Crippen LogP contribution in [-0.2, 0) is 19.7 Å². The highest BCUT2D eigenvalue weighted by molar-refractivity contribution is 7.90. The molecule has 0 heterocycles. The Hall–Kier alpha value is -2.07. The zero-order valence-corrected chi connectivity index (χ0v) is 17.2. The van der Waals surface area contributed by atoms with Gasteiger partial charge in [0.15, 0.2) is 0 Å². The van der Waals surface area contributed by atoms with Crippen molar-refractivity contribution in [2.45, 2.75) is 53.9 Å². The first kappa shape index (κ1) is 33.9. The number of hydroxylamine groups is 1. The summed E-state index contributed by atoms with van der Waals surface area (Å²) in [5.41, 5.74) is 0. The monoisotopic (exact) mass is 597 g/mol. The van der Waals surface area contributed by atoms with Crippen molar-refractivity contribution in [1.29, 1.82) is 0 Å². The molecule has 0 aromatic heterocycles. The first-order chi connectivity index (χ1) is 15.4. The van der Waals surface area contributed by atoms with Crippen LogP contribution < -0.4 is 0 Å². The average molecular weight is 597 g/mol. The Morgan fingerprint density at radius 2 is 1.00 bits per heavy atom. The van der Waals surface area contributed by atoms with Crippen LogP contribution in [0.25, 0.3) is 0 Å². The van der Waals surface area contributed by atoms with Gasteiger partial charge >= 0.3 is 63.0 Å². The summed E-state index contributed by atoms with van der Waals surface area (Å²) in [6.45, 7) is 1.17. The lowest BCUT2D eigenvalue weighted by molar-refractivity contribution is -0.458. The Bertz CT molecular complexity index is 956. The second-order valence-electron chi connectivity index (χ2n) is 6.20. The first-order valence-corrected chi connectivity index (χ1v) is 9.43.